The molecule has 0 atom stereocenters. The molecule has 0 aliphatic rings. The quantitative estimate of drug-likeness (QED) is 0.663. The number of aryl methyl sites for hydroxylation is 1. The van der Waals surface area contributed by atoms with E-state index in [0.717, 1.165) is 23.2 Å². The van der Waals surface area contributed by atoms with E-state index in [0.29, 0.717) is 0 Å². The molecule has 1 N–H and O–H groups in total. The van der Waals surface area contributed by atoms with E-state index in [9.17, 15) is 0 Å². The number of hydrogen-bond donors (Lipinski definition) is 1. The highest BCUT2D eigenvalue weighted by Gasteiger charge is 2.00. The summed E-state index contributed by atoms with van der Waals surface area (Å²) in [5.74, 6) is 0.880. The summed E-state index contributed by atoms with van der Waals surface area (Å²) < 4.78 is 0. The normalized spacial score (nSPS) is 10.2. The van der Waals surface area contributed by atoms with Gasteiger partial charge in [-0.25, -0.2) is 9.97 Å². The monoisotopic (exact) mass is 245 g/mol. The molecule has 17 heavy (non-hydrogen) atoms. The van der Waals surface area contributed by atoms with Gasteiger partial charge in [0.05, 0.1) is 0 Å². The standard InChI is InChI=1S/C13H15N3S/c1-10-8-12(16-13(15-10)17-2)14-9-11-6-4-3-5-7-11/h3-8H,9H2,1-2H3,(H,14,15,16). The maximum absolute atomic E-state index is 4.41. The molecule has 0 spiro atoms. The topological polar surface area (TPSA) is 37.8 Å². The average Bonchev–Trinajstić information content (AvgIpc) is 2.37. The maximum atomic E-state index is 4.41. The summed E-state index contributed by atoms with van der Waals surface area (Å²) in [6.07, 6.45) is 1.98. The summed E-state index contributed by atoms with van der Waals surface area (Å²) >= 11 is 1.56. The maximum Gasteiger partial charge on any atom is 0.189 e. The van der Waals surface area contributed by atoms with E-state index in [4.69, 9.17) is 0 Å². The number of hydrogen-bond acceptors (Lipinski definition) is 4. The molecule has 0 saturated carbocycles. The lowest BCUT2D eigenvalue weighted by atomic mass is 10.2. The fourth-order valence-electron chi connectivity index (χ4n) is 1.51. The number of benzene rings is 1. The molecule has 3 nitrogen and oxygen atoms in total. The van der Waals surface area contributed by atoms with Crippen molar-refractivity contribution in [3.63, 3.8) is 0 Å². The molecule has 0 bridgehead atoms. The first-order valence-corrected chi connectivity index (χ1v) is 6.68. The van der Waals surface area contributed by atoms with Gasteiger partial charge in [-0.3, -0.25) is 0 Å². The molecule has 0 aliphatic carbocycles. The summed E-state index contributed by atoms with van der Waals surface area (Å²) in [7, 11) is 0. The first kappa shape index (κ1) is 11.9. The van der Waals surface area contributed by atoms with E-state index in [1.807, 2.05) is 37.4 Å². The van der Waals surface area contributed by atoms with Crippen molar-refractivity contribution in [1.29, 1.82) is 0 Å². The van der Waals surface area contributed by atoms with Crippen LogP contribution >= 0.6 is 11.8 Å². The van der Waals surface area contributed by atoms with Crippen molar-refractivity contribution in [3.8, 4) is 0 Å². The zero-order chi connectivity index (χ0) is 12.1. The lowest BCUT2D eigenvalue weighted by Gasteiger charge is -2.07. The Morgan fingerprint density at radius 1 is 1.18 bits per heavy atom. The molecule has 0 amide bonds. The Morgan fingerprint density at radius 2 is 1.94 bits per heavy atom. The highest BCUT2D eigenvalue weighted by atomic mass is 32.2. The second kappa shape index (κ2) is 5.68. The van der Waals surface area contributed by atoms with Crippen LogP contribution in [0.3, 0.4) is 0 Å². The highest BCUT2D eigenvalue weighted by molar-refractivity contribution is 7.98. The molecular formula is C13H15N3S. The van der Waals surface area contributed by atoms with Crippen molar-refractivity contribution in [2.45, 2.75) is 18.6 Å². The predicted octanol–water partition coefficient (Wildman–Crippen LogP) is 3.12. The van der Waals surface area contributed by atoms with Crippen LogP contribution in [0.25, 0.3) is 0 Å². The number of thioether (sulfide) groups is 1. The van der Waals surface area contributed by atoms with Gasteiger partial charge in [0.1, 0.15) is 5.82 Å². The minimum Gasteiger partial charge on any atom is -0.366 e. The number of rotatable bonds is 4. The fourth-order valence-corrected chi connectivity index (χ4v) is 1.94. The third-order valence-corrected chi connectivity index (χ3v) is 2.88. The molecule has 0 fully saturated rings. The number of nitrogens with one attached hydrogen (secondary N) is 1. The minimum atomic E-state index is 0.783. The van der Waals surface area contributed by atoms with Gasteiger partial charge in [0.25, 0.3) is 0 Å². The Bertz CT molecular complexity index is 485. The van der Waals surface area contributed by atoms with Gasteiger partial charge in [0.2, 0.25) is 0 Å². The number of anilines is 1. The largest absolute Gasteiger partial charge is 0.366 e. The third kappa shape index (κ3) is 3.46. The van der Waals surface area contributed by atoms with Crippen LogP contribution in [0.2, 0.25) is 0 Å². The van der Waals surface area contributed by atoms with E-state index in [-0.39, 0.29) is 0 Å². The van der Waals surface area contributed by atoms with Crippen molar-refractivity contribution in [1.82, 2.24) is 9.97 Å². The van der Waals surface area contributed by atoms with Crippen molar-refractivity contribution >= 4 is 17.6 Å². The van der Waals surface area contributed by atoms with Gasteiger partial charge in [0.15, 0.2) is 5.16 Å². The fraction of sp³-hybridized carbons (Fsp3) is 0.231. The predicted molar refractivity (Wildman–Crippen MR) is 72.3 cm³/mol. The van der Waals surface area contributed by atoms with Crippen LogP contribution in [0.5, 0.6) is 0 Å². The Balaban J connectivity index is 2.06. The lowest BCUT2D eigenvalue weighted by Crippen LogP contribution is -2.03. The Labute approximate surface area is 106 Å². The average molecular weight is 245 g/mol. The van der Waals surface area contributed by atoms with Gasteiger partial charge in [-0.1, -0.05) is 42.1 Å². The molecule has 0 saturated heterocycles. The SMILES string of the molecule is CSc1nc(C)cc(NCc2ccccc2)n1. The molecule has 0 radical (unpaired) electrons. The summed E-state index contributed by atoms with van der Waals surface area (Å²) in [5.41, 5.74) is 2.23. The number of aromatic nitrogens is 2. The van der Waals surface area contributed by atoms with Crippen molar-refractivity contribution < 1.29 is 0 Å². The lowest BCUT2D eigenvalue weighted by molar-refractivity contribution is 0.926. The van der Waals surface area contributed by atoms with Crippen LogP contribution in [-0.2, 0) is 6.54 Å². The number of nitrogens with zero attached hydrogens (tertiary/aromatic N) is 2. The zero-order valence-corrected chi connectivity index (χ0v) is 10.8. The van der Waals surface area contributed by atoms with Gasteiger partial charge < -0.3 is 5.32 Å². The van der Waals surface area contributed by atoms with Crippen molar-refractivity contribution in [3.05, 3.63) is 47.7 Å². The second-order valence-corrected chi connectivity index (χ2v) is 4.49. The van der Waals surface area contributed by atoms with Crippen molar-refractivity contribution in [2.75, 3.05) is 11.6 Å². The van der Waals surface area contributed by atoms with Crippen LogP contribution in [0.4, 0.5) is 5.82 Å². The van der Waals surface area contributed by atoms with Gasteiger partial charge in [-0.2, -0.15) is 0 Å². The van der Waals surface area contributed by atoms with E-state index in [1.165, 1.54) is 5.56 Å². The molecule has 2 rings (SSSR count). The van der Waals surface area contributed by atoms with Crippen LogP contribution in [-0.4, -0.2) is 16.2 Å². The molecule has 88 valence electrons. The van der Waals surface area contributed by atoms with Gasteiger partial charge in [-0.15, -0.1) is 0 Å². The van der Waals surface area contributed by atoms with E-state index in [2.05, 4.69) is 27.4 Å². The molecule has 2 aromatic rings. The third-order valence-electron chi connectivity index (χ3n) is 2.33. The first-order valence-electron chi connectivity index (χ1n) is 5.45. The summed E-state index contributed by atoms with van der Waals surface area (Å²) in [6.45, 7) is 2.76. The van der Waals surface area contributed by atoms with E-state index < -0.39 is 0 Å². The first-order chi connectivity index (χ1) is 8.28. The molecule has 0 unspecified atom stereocenters. The molecule has 0 aliphatic heterocycles. The molecule has 1 heterocycles. The van der Waals surface area contributed by atoms with Gasteiger partial charge in [-0.05, 0) is 18.7 Å². The van der Waals surface area contributed by atoms with E-state index in [1.54, 1.807) is 11.8 Å². The smallest absolute Gasteiger partial charge is 0.189 e. The molecule has 1 aromatic heterocycles. The Morgan fingerprint density at radius 3 is 2.65 bits per heavy atom. The highest BCUT2D eigenvalue weighted by Crippen LogP contribution is 2.14. The van der Waals surface area contributed by atoms with Crippen molar-refractivity contribution in [2.24, 2.45) is 0 Å². The van der Waals surface area contributed by atoms with Crippen LogP contribution < -0.4 is 5.32 Å². The molecular weight excluding hydrogens is 230 g/mol. The van der Waals surface area contributed by atoms with Crippen LogP contribution in [0, 0.1) is 6.92 Å². The molecule has 4 heteroatoms. The van der Waals surface area contributed by atoms with Gasteiger partial charge in [0, 0.05) is 18.3 Å². The Hall–Kier alpha value is -1.55. The van der Waals surface area contributed by atoms with E-state index >= 15 is 0 Å². The van der Waals surface area contributed by atoms with Crippen LogP contribution in [0.15, 0.2) is 41.6 Å². The summed E-state index contributed by atoms with van der Waals surface area (Å²) in [6, 6.07) is 12.2. The molecule has 1 aromatic carbocycles. The minimum absolute atomic E-state index is 0.783. The summed E-state index contributed by atoms with van der Waals surface area (Å²) in [5, 5.41) is 4.12. The van der Waals surface area contributed by atoms with Gasteiger partial charge >= 0.3 is 0 Å². The second-order valence-electron chi connectivity index (χ2n) is 3.72. The zero-order valence-electron chi connectivity index (χ0n) is 9.97. The van der Waals surface area contributed by atoms with Crippen LogP contribution in [0.1, 0.15) is 11.3 Å². The summed E-state index contributed by atoms with van der Waals surface area (Å²) in [4.78, 5) is 8.73. The Kier molecular flexibility index (Phi) is 3.98.